The number of rotatable bonds is 3. The third-order valence-electron chi connectivity index (χ3n) is 5.98. The molecule has 0 radical (unpaired) electrons. The summed E-state index contributed by atoms with van der Waals surface area (Å²) in [5.41, 5.74) is 4.12. The number of fused-ring (bicyclic) bond motifs is 2. The lowest BCUT2D eigenvalue weighted by atomic mass is 9.90. The third kappa shape index (κ3) is 2.46. The van der Waals surface area contributed by atoms with E-state index < -0.39 is 0 Å². The molecule has 2 aromatic rings. The van der Waals surface area contributed by atoms with Gasteiger partial charge in [0.1, 0.15) is 5.52 Å². The maximum Gasteiger partial charge on any atom is 0.326 e. The van der Waals surface area contributed by atoms with E-state index in [-0.39, 0.29) is 23.7 Å². The number of nitrogens with one attached hydrogen (secondary N) is 2. The molecule has 1 aliphatic carbocycles. The lowest BCUT2D eigenvalue weighted by molar-refractivity contribution is -0.467. The summed E-state index contributed by atoms with van der Waals surface area (Å²) >= 11 is 0. The number of nitrogens with zero attached hydrogens (tertiary/aromatic N) is 2. The Hall–Kier alpha value is -3.09. The molecule has 0 saturated heterocycles. The number of allylic oxidation sites excluding steroid dienone is 1. The Morgan fingerprint density at radius 2 is 1.96 bits per heavy atom. The van der Waals surface area contributed by atoms with Gasteiger partial charge in [-0.3, -0.25) is 9.36 Å². The van der Waals surface area contributed by atoms with Gasteiger partial charge in [0, 0.05) is 43.1 Å². The molecular weight excluding hydrogens is 356 g/mol. The normalized spacial score (nSPS) is 22.0. The Morgan fingerprint density at radius 1 is 1.18 bits per heavy atom. The van der Waals surface area contributed by atoms with Gasteiger partial charge in [-0.1, -0.05) is 0 Å². The number of likely N-dealkylation sites (N-methyl/N-ethyl adjacent to an activating group) is 1. The molecular formula is C21H23N4O3+. The van der Waals surface area contributed by atoms with Crippen molar-refractivity contribution in [2.24, 2.45) is 7.05 Å². The zero-order valence-electron chi connectivity index (χ0n) is 16.0. The van der Waals surface area contributed by atoms with Gasteiger partial charge in [-0.2, -0.15) is 0 Å². The van der Waals surface area contributed by atoms with Gasteiger partial charge in [0.2, 0.25) is 0 Å². The second-order valence-electron chi connectivity index (χ2n) is 7.73. The fraction of sp³-hybridized carbons (Fsp3) is 0.381. The zero-order valence-corrected chi connectivity index (χ0v) is 16.0. The number of benzene rings is 1. The third-order valence-corrected chi connectivity index (χ3v) is 5.98. The molecule has 0 spiro atoms. The lowest BCUT2D eigenvalue weighted by Gasteiger charge is -2.26. The number of ether oxygens (including phenoxy) is 1. The number of aromatic nitrogens is 2. The average Bonchev–Trinajstić information content (AvgIpc) is 3.41. The fourth-order valence-corrected chi connectivity index (χ4v) is 4.41. The van der Waals surface area contributed by atoms with Crippen molar-refractivity contribution < 1.29 is 14.5 Å². The van der Waals surface area contributed by atoms with Crippen molar-refractivity contribution in [3.63, 3.8) is 0 Å². The molecule has 3 aliphatic rings. The highest BCUT2D eigenvalue weighted by Gasteiger charge is 2.39. The number of aromatic amines is 1. The molecule has 1 amide bonds. The van der Waals surface area contributed by atoms with Crippen LogP contribution in [0.2, 0.25) is 0 Å². The van der Waals surface area contributed by atoms with E-state index in [2.05, 4.69) is 9.98 Å². The molecule has 0 bridgehead atoms. The summed E-state index contributed by atoms with van der Waals surface area (Å²) in [5.74, 6) is 0.707. The Labute approximate surface area is 162 Å². The maximum atomic E-state index is 12.5. The highest BCUT2D eigenvalue weighted by molar-refractivity contribution is 6.03. The van der Waals surface area contributed by atoms with Crippen LogP contribution in [0.1, 0.15) is 31.2 Å². The molecule has 1 unspecified atom stereocenters. The first-order valence-electron chi connectivity index (χ1n) is 9.71. The Bertz CT molecular complexity index is 1130. The first kappa shape index (κ1) is 17.0. The quantitative estimate of drug-likeness (QED) is 0.813. The van der Waals surface area contributed by atoms with E-state index in [1.54, 1.807) is 23.6 Å². The van der Waals surface area contributed by atoms with Crippen LogP contribution in [-0.2, 0) is 11.8 Å². The van der Waals surface area contributed by atoms with Crippen molar-refractivity contribution in [3.8, 4) is 5.75 Å². The fourth-order valence-electron chi connectivity index (χ4n) is 4.41. The van der Waals surface area contributed by atoms with Crippen molar-refractivity contribution >= 4 is 28.7 Å². The number of hydrogen-bond acceptors (Lipinski definition) is 3. The molecule has 7 nitrogen and oxygen atoms in total. The minimum Gasteiger partial charge on any atom is -0.488 e. The van der Waals surface area contributed by atoms with Gasteiger partial charge in [-0.05, 0) is 37.8 Å². The number of aryl methyl sites for hydroxylation is 1. The Kier molecular flexibility index (Phi) is 3.79. The smallest absolute Gasteiger partial charge is 0.326 e. The van der Waals surface area contributed by atoms with Crippen molar-refractivity contribution in [2.75, 3.05) is 7.05 Å². The van der Waals surface area contributed by atoms with Gasteiger partial charge in [0.05, 0.1) is 11.6 Å². The Morgan fingerprint density at radius 3 is 2.75 bits per heavy atom. The van der Waals surface area contributed by atoms with Gasteiger partial charge >= 0.3 is 5.69 Å². The number of H-pyrrole nitrogens is 1. The maximum absolute atomic E-state index is 12.5. The molecule has 2 N–H and O–H groups in total. The number of hydrogen-bond donors (Lipinski definition) is 2. The van der Waals surface area contributed by atoms with Crippen LogP contribution in [0.4, 0.5) is 0 Å². The number of carbonyl (C=O) groups excluding carboxylic acids is 1. The van der Waals surface area contributed by atoms with E-state index in [1.165, 1.54) is 0 Å². The number of imidazole rings is 1. The van der Waals surface area contributed by atoms with E-state index in [1.807, 2.05) is 30.6 Å². The van der Waals surface area contributed by atoms with Crippen LogP contribution in [0, 0.1) is 0 Å². The number of amides is 1. The topological polar surface area (TPSA) is 81.3 Å². The lowest BCUT2D eigenvalue weighted by Crippen LogP contribution is -2.78. The molecule has 1 atom stereocenters. The molecule has 1 aromatic carbocycles. The predicted molar refractivity (Wildman–Crippen MR) is 106 cm³/mol. The van der Waals surface area contributed by atoms with Gasteiger partial charge < -0.3 is 14.6 Å². The van der Waals surface area contributed by atoms with E-state index in [9.17, 15) is 9.59 Å². The van der Waals surface area contributed by atoms with E-state index in [0.29, 0.717) is 11.3 Å². The summed E-state index contributed by atoms with van der Waals surface area (Å²) in [5, 5.41) is 0. The van der Waals surface area contributed by atoms with Gasteiger partial charge in [-0.25, -0.2) is 9.79 Å². The van der Waals surface area contributed by atoms with Gasteiger partial charge in [0.15, 0.2) is 12.0 Å². The van der Waals surface area contributed by atoms with E-state index in [0.717, 1.165) is 47.9 Å². The molecule has 5 rings (SSSR count). The van der Waals surface area contributed by atoms with Crippen molar-refractivity contribution in [2.45, 2.75) is 37.8 Å². The summed E-state index contributed by atoms with van der Waals surface area (Å²) in [7, 11) is 3.51. The highest BCUT2D eigenvalue weighted by Crippen LogP contribution is 2.40. The second-order valence-corrected chi connectivity index (χ2v) is 7.73. The molecule has 1 saturated carbocycles. The first-order valence-corrected chi connectivity index (χ1v) is 9.71. The van der Waals surface area contributed by atoms with Crippen LogP contribution in [0.15, 0.2) is 34.8 Å². The monoisotopic (exact) mass is 379 g/mol. The molecule has 3 heterocycles. The summed E-state index contributed by atoms with van der Waals surface area (Å²) in [4.78, 5) is 32.4. The van der Waals surface area contributed by atoms with E-state index >= 15 is 0 Å². The standard InChI is InChI=1S/C21H22N4O3/c1-24-11-15(13-9-10-22-17(13)20(24)26)14-7-8-16-18(23-21(27)25(16)2)19(14)28-12-5-3-4-6-12/h7-12,17H,3-6H2,1-2H3,(H,23,27)/p+1. The van der Waals surface area contributed by atoms with Crippen molar-refractivity contribution in [3.05, 3.63) is 46.0 Å². The largest absolute Gasteiger partial charge is 0.488 e. The zero-order chi connectivity index (χ0) is 19.4. The predicted octanol–water partition coefficient (Wildman–Crippen LogP) is 0.461. The van der Waals surface area contributed by atoms with Crippen LogP contribution in [0.3, 0.4) is 0 Å². The van der Waals surface area contributed by atoms with E-state index in [4.69, 9.17) is 4.74 Å². The van der Waals surface area contributed by atoms with Crippen LogP contribution < -0.4 is 15.4 Å². The Balaban J connectivity index is 1.71. The summed E-state index contributed by atoms with van der Waals surface area (Å²) in [6.07, 6.45) is 10.1. The van der Waals surface area contributed by atoms with Crippen LogP contribution in [0.25, 0.3) is 16.6 Å². The molecule has 144 valence electrons. The molecule has 1 aromatic heterocycles. The molecule has 7 heteroatoms. The van der Waals surface area contributed by atoms with Gasteiger partial charge in [0.25, 0.3) is 11.9 Å². The summed E-state index contributed by atoms with van der Waals surface area (Å²) < 4.78 is 8.06. The average molecular weight is 379 g/mol. The van der Waals surface area contributed by atoms with Crippen LogP contribution in [-0.4, -0.2) is 45.8 Å². The van der Waals surface area contributed by atoms with Gasteiger partial charge in [-0.15, -0.1) is 0 Å². The SMILES string of the molecule is CN1C=C(c2ccc3c([nH]c(=O)n3C)c2OC2CCCC2)C2=CC=[NH+]C2C1=O. The van der Waals surface area contributed by atoms with Crippen LogP contribution >= 0.6 is 0 Å². The molecule has 1 fully saturated rings. The van der Waals surface area contributed by atoms with Crippen molar-refractivity contribution in [1.82, 2.24) is 14.5 Å². The number of carbonyl (C=O) groups is 1. The van der Waals surface area contributed by atoms with Crippen molar-refractivity contribution in [1.29, 1.82) is 0 Å². The summed E-state index contributed by atoms with van der Waals surface area (Å²) in [6.45, 7) is 0. The minimum atomic E-state index is -0.380. The first-order chi connectivity index (χ1) is 13.5. The molecule has 28 heavy (non-hydrogen) atoms. The molecule has 2 aliphatic heterocycles. The van der Waals surface area contributed by atoms with Crippen LogP contribution in [0.5, 0.6) is 5.75 Å². The highest BCUT2D eigenvalue weighted by atomic mass is 16.5. The minimum absolute atomic E-state index is 0.0104. The summed E-state index contributed by atoms with van der Waals surface area (Å²) in [6, 6.07) is 3.55. The second kappa shape index (κ2) is 6.22.